The largest absolute Gasteiger partial charge is 0.508 e. The molecule has 3 rings (SSSR count). The maximum atomic E-state index is 14.5. The first-order valence-corrected chi connectivity index (χ1v) is 21.8. The zero-order valence-corrected chi connectivity index (χ0v) is 38.3. The van der Waals surface area contributed by atoms with Crippen LogP contribution in [0.1, 0.15) is 85.3 Å². The third kappa shape index (κ3) is 14.0. The molecule has 1 aliphatic heterocycles. The number of phenolic OH excluding ortho intramolecular Hbond substituents is 1. The fourth-order valence-electron chi connectivity index (χ4n) is 8.75. The molecule has 14 heteroatoms. The van der Waals surface area contributed by atoms with Crippen LogP contribution >= 0.6 is 0 Å². The third-order valence-corrected chi connectivity index (χ3v) is 12.5. The number of phenols is 1. The summed E-state index contributed by atoms with van der Waals surface area (Å²) in [5, 5.41) is 25.4. The van der Waals surface area contributed by atoms with E-state index in [4.69, 9.17) is 9.47 Å². The van der Waals surface area contributed by atoms with E-state index in [1.165, 1.54) is 14.2 Å². The molecule has 14 nitrogen and oxygen atoms in total. The number of carboxylic acid groups (broad SMARTS) is 1. The van der Waals surface area contributed by atoms with E-state index in [-0.39, 0.29) is 54.1 Å². The Labute approximate surface area is 363 Å². The highest BCUT2D eigenvalue weighted by Gasteiger charge is 2.43. The van der Waals surface area contributed by atoms with Crippen LogP contribution in [0.15, 0.2) is 54.6 Å². The van der Waals surface area contributed by atoms with E-state index in [0.717, 1.165) is 11.1 Å². The first kappa shape index (κ1) is 50.8. The first-order valence-electron chi connectivity index (χ1n) is 21.8. The summed E-state index contributed by atoms with van der Waals surface area (Å²) in [6.07, 6.45) is 1.36. The Hall–Kier alpha value is -4.53. The zero-order valence-electron chi connectivity index (χ0n) is 38.3. The van der Waals surface area contributed by atoms with Crippen LogP contribution in [0.2, 0.25) is 0 Å². The fraction of sp³-hybridized carbons (Fsp3) is 0.638. The van der Waals surface area contributed by atoms with Gasteiger partial charge in [-0.3, -0.25) is 24.1 Å². The van der Waals surface area contributed by atoms with Gasteiger partial charge >= 0.3 is 5.97 Å². The normalized spacial score (nSPS) is 18.2. The number of likely N-dealkylation sites (N-methyl/N-ethyl adjacent to an activating group) is 2. The lowest BCUT2D eigenvalue weighted by Gasteiger charge is -2.41. The Balaban J connectivity index is 1.76. The van der Waals surface area contributed by atoms with Crippen molar-refractivity contribution in [2.45, 2.75) is 129 Å². The number of rotatable bonds is 24. The quantitative estimate of drug-likeness (QED) is 0.115. The summed E-state index contributed by atoms with van der Waals surface area (Å²) in [6, 6.07) is 12.7. The maximum Gasteiger partial charge on any atom is 0.326 e. The monoisotopic (exact) mass is 852 g/mol. The van der Waals surface area contributed by atoms with Crippen molar-refractivity contribution in [2.24, 2.45) is 23.7 Å². The van der Waals surface area contributed by atoms with Crippen molar-refractivity contribution < 1.29 is 43.7 Å². The highest BCUT2D eigenvalue weighted by atomic mass is 16.5. The summed E-state index contributed by atoms with van der Waals surface area (Å²) in [7, 11) is 6.64. The van der Waals surface area contributed by atoms with E-state index < -0.39 is 60.2 Å². The minimum Gasteiger partial charge on any atom is -0.508 e. The van der Waals surface area contributed by atoms with Crippen LogP contribution in [0.5, 0.6) is 5.75 Å². The van der Waals surface area contributed by atoms with E-state index in [1.807, 2.05) is 96.0 Å². The molecule has 0 radical (unpaired) electrons. The highest BCUT2D eigenvalue weighted by molar-refractivity contribution is 5.90. The van der Waals surface area contributed by atoms with Crippen LogP contribution < -0.4 is 10.6 Å². The van der Waals surface area contributed by atoms with E-state index in [2.05, 4.69) is 10.6 Å². The molecule has 4 amide bonds. The molecular weight excluding hydrogens is 779 g/mol. The Bertz CT molecular complexity index is 1710. The lowest BCUT2D eigenvalue weighted by atomic mass is 9.89. The molecule has 0 aliphatic carbocycles. The second-order valence-corrected chi connectivity index (χ2v) is 17.5. The first-order chi connectivity index (χ1) is 28.9. The Morgan fingerprint density at radius 3 is 2.03 bits per heavy atom. The van der Waals surface area contributed by atoms with Gasteiger partial charge in [0.2, 0.25) is 23.6 Å². The fourth-order valence-corrected chi connectivity index (χ4v) is 8.75. The minimum absolute atomic E-state index is 0.0330. The van der Waals surface area contributed by atoms with Crippen molar-refractivity contribution in [3.05, 3.63) is 65.7 Å². The van der Waals surface area contributed by atoms with Gasteiger partial charge in [-0.25, -0.2) is 4.79 Å². The second kappa shape index (κ2) is 24.2. The molecule has 0 unspecified atom stereocenters. The number of nitrogens with zero attached hydrogens (tertiary/aromatic N) is 3. The number of aromatic hydroxyl groups is 1. The van der Waals surface area contributed by atoms with Crippen molar-refractivity contribution in [3.63, 3.8) is 0 Å². The van der Waals surface area contributed by atoms with Crippen molar-refractivity contribution in [2.75, 3.05) is 41.4 Å². The van der Waals surface area contributed by atoms with Gasteiger partial charge in [0.05, 0.1) is 42.7 Å². The Morgan fingerprint density at radius 1 is 0.852 bits per heavy atom. The van der Waals surface area contributed by atoms with Gasteiger partial charge in [-0.05, 0) is 67.3 Å². The standard InChI is InChI=1S/C47H73N5O9/c1-12-31(6)42(51(9)46(57)40(29(2)3)49-45(56)41(30(4)5)50(8)26-24-33-20-22-35(53)23-21-33)38(60-10)28-39(54)52-25-16-19-37(52)43(61-11)32(7)44(55)48-36(47(58)59)27-34-17-14-13-15-18-34/h13-15,17-18,20-23,29-32,36-38,40-43,53H,12,16,19,24-28H2,1-11H3,(H,48,55)(H,49,56)(H,58,59)/t31-,32+,36-,37-,38+,40-,41-,42-,43+/m0/s1. The molecule has 1 fully saturated rings. The van der Waals surface area contributed by atoms with E-state index >= 15 is 0 Å². The number of ether oxygens (including phenoxy) is 2. The van der Waals surface area contributed by atoms with Gasteiger partial charge in [0.1, 0.15) is 17.8 Å². The number of benzene rings is 2. The van der Waals surface area contributed by atoms with Crippen molar-refractivity contribution >= 4 is 29.6 Å². The number of hydrogen-bond donors (Lipinski definition) is 4. The summed E-state index contributed by atoms with van der Waals surface area (Å²) < 4.78 is 11.9. The molecule has 1 aliphatic rings. The number of carboxylic acids is 1. The average molecular weight is 852 g/mol. The van der Waals surface area contributed by atoms with Gasteiger partial charge in [0.15, 0.2) is 0 Å². The van der Waals surface area contributed by atoms with Crippen LogP contribution in [0.25, 0.3) is 0 Å². The molecule has 0 spiro atoms. The van der Waals surface area contributed by atoms with Gasteiger partial charge in [-0.2, -0.15) is 0 Å². The summed E-state index contributed by atoms with van der Waals surface area (Å²) in [5.41, 5.74) is 1.81. The summed E-state index contributed by atoms with van der Waals surface area (Å²) in [5.74, 6) is -3.28. The van der Waals surface area contributed by atoms with Gasteiger partial charge in [-0.15, -0.1) is 0 Å². The zero-order chi connectivity index (χ0) is 45.6. The molecule has 1 saturated heterocycles. The minimum atomic E-state index is -1.14. The summed E-state index contributed by atoms with van der Waals surface area (Å²) in [4.78, 5) is 73.9. The maximum absolute atomic E-state index is 14.5. The van der Waals surface area contributed by atoms with Gasteiger partial charge < -0.3 is 40.1 Å². The number of nitrogens with one attached hydrogen (secondary N) is 2. The van der Waals surface area contributed by atoms with Crippen LogP contribution in [-0.4, -0.2) is 138 Å². The lowest BCUT2D eigenvalue weighted by molar-refractivity contribution is -0.148. The third-order valence-electron chi connectivity index (χ3n) is 12.5. The Kier molecular flexibility index (Phi) is 20.2. The SMILES string of the molecule is CC[C@H](C)[C@@H]([C@@H](CC(=O)N1CCC[C@H]1[C@H](OC)[C@@H](C)C(=O)N[C@@H](Cc1ccccc1)C(=O)O)OC)N(C)C(=O)[C@@H](NC(=O)[C@H](C(C)C)N(C)CCc1ccc(O)cc1)C(C)C. The number of carbonyl (C=O) groups excluding carboxylic acids is 4. The predicted molar refractivity (Wildman–Crippen MR) is 236 cm³/mol. The predicted octanol–water partition coefficient (Wildman–Crippen LogP) is 4.76. The van der Waals surface area contributed by atoms with Gasteiger partial charge in [0, 0.05) is 40.8 Å². The van der Waals surface area contributed by atoms with Crippen LogP contribution in [0, 0.1) is 23.7 Å². The summed E-state index contributed by atoms with van der Waals surface area (Å²) in [6.45, 7) is 14.5. The summed E-state index contributed by atoms with van der Waals surface area (Å²) >= 11 is 0. The number of aliphatic carboxylic acids is 1. The topological polar surface area (TPSA) is 178 Å². The van der Waals surface area contributed by atoms with E-state index in [0.29, 0.717) is 38.8 Å². The number of carbonyl (C=O) groups is 5. The highest BCUT2D eigenvalue weighted by Crippen LogP contribution is 2.30. The molecule has 0 saturated carbocycles. The number of likely N-dealkylation sites (tertiary alicyclic amines) is 1. The van der Waals surface area contributed by atoms with Crippen LogP contribution in [0.4, 0.5) is 0 Å². The molecule has 0 aromatic heterocycles. The molecule has 61 heavy (non-hydrogen) atoms. The number of hydrogen-bond acceptors (Lipinski definition) is 9. The smallest absolute Gasteiger partial charge is 0.326 e. The molecule has 9 atom stereocenters. The van der Waals surface area contributed by atoms with Gasteiger partial charge in [-0.1, -0.05) is 97.4 Å². The number of methoxy groups -OCH3 is 2. The Morgan fingerprint density at radius 2 is 1.49 bits per heavy atom. The van der Waals surface area contributed by atoms with Gasteiger partial charge in [0.25, 0.3) is 0 Å². The van der Waals surface area contributed by atoms with Crippen molar-refractivity contribution in [1.29, 1.82) is 0 Å². The average Bonchev–Trinajstić information content (AvgIpc) is 3.71. The molecule has 2 aromatic rings. The van der Waals surface area contributed by atoms with Crippen molar-refractivity contribution in [1.82, 2.24) is 25.3 Å². The molecule has 2 aromatic carbocycles. The van der Waals surface area contributed by atoms with Crippen LogP contribution in [-0.2, 0) is 46.3 Å². The van der Waals surface area contributed by atoms with E-state index in [9.17, 15) is 34.2 Å². The molecule has 340 valence electrons. The lowest BCUT2D eigenvalue weighted by Crippen LogP contribution is -2.60. The molecule has 1 heterocycles. The molecule has 4 N–H and O–H groups in total. The molecule has 0 bridgehead atoms. The molecular formula is C47H73N5O9. The van der Waals surface area contributed by atoms with Crippen molar-refractivity contribution in [3.8, 4) is 5.75 Å². The second-order valence-electron chi connectivity index (χ2n) is 17.5. The van der Waals surface area contributed by atoms with E-state index in [1.54, 1.807) is 35.9 Å². The number of amides is 4. The van der Waals surface area contributed by atoms with Crippen LogP contribution in [0.3, 0.4) is 0 Å².